The number of ether oxygens (including phenoxy) is 2. The van der Waals surface area contributed by atoms with E-state index < -0.39 is 16.2 Å². The zero-order valence-corrected chi connectivity index (χ0v) is 19.4. The normalized spacial score (nSPS) is 18.9. The second kappa shape index (κ2) is 11.8. The van der Waals surface area contributed by atoms with Crippen LogP contribution < -0.4 is 0 Å². The van der Waals surface area contributed by atoms with Gasteiger partial charge in [-0.25, -0.2) is 0 Å². The third-order valence-electron chi connectivity index (χ3n) is 4.97. The van der Waals surface area contributed by atoms with Crippen molar-refractivity contribution in [3.63, 3.8) is 0 Å². The standard InChI is InChI=1S/C24H30O5S2/c1-3-21(30-22-9-5-4-6-10-22)17-20(18-28-24-11-7-8-16-27-24)29-31(25,26)23-14-12-19(2)13-15-23/h3-6,9-10,12-15,20-21,24H,1,7-8,11,16-18H2,2H3. The maximum atomic E-state index is 12.9. The lowest BCUT2D eigenvalue weighted by Crippen LogP contribution is -2.31. The molecule has 0 aromatic heterocycles. The molecule has 1 heterocycles. The molecule has 168 valence electrons. The van der Waals surface area contributed by atoms with Crippen LogP contribution in [0.25, 0.3) is 0 Å². The third kappa shape index (κ3) is 7.77. The molecule has 3 rings (SSSR count). The van der Waals surface area contributed by atoms with Crippen molar-refractivity contribution in [2.75, 3.05) is 13.2 Å². The SMILES string of the molecule is C=CC(CC(COC1CCCCO1)OS(=O)(=O)c1ccc(C)cc1)Sc1ccccc1. The molecule has 7 heteroatoms. The maximum absolute atomic E-state index is 12.9. The van der Waals surface area contributed by atoms with Crippen LogP contribution in [0, 0.1) is 6.92 Å². The van der Waals surface area contributed by atoms with Crippen LogP contribution in [0.3, 0.4) is 0 Å². The Kier molecular flexibility index (Phi) is 9.16. The first-order valence-corrected chi connectivity index (χ1v) is 12.8. The molecule has 0 amide bonds. The van der Waals surface area contributed by atoms with E-state index in [0.29, 0.717) is 13.0 Å². The van der Waals surface area contributed by atoms with Crippen molar-refractivity contribution in [1.82, 2.24) is 0 Å². The molecule has 1 aliphatic rings. The van der Waals surface area contributed by atoms with E-state index >= 15 is 0 Å². The fraction of sp³-hybridized carbons (Fsp3) is 0.417. The van der Waals surface area contributed by atoms with E-state index in [4.69, 9.17) is 13.7 Å². The van der Waals surface area contributed by atoms with Crippen molar-refractivity contribution in [3.8, 4) is 0 Å². The van der Waals surface area contributed by atoms with Gasteiger partial charge in [-0.15, -0.1) is 18.3 Å². The minimum atomic E-state index is -3.92. The summed E-state index contributed by atoms with van der Waals surface area (Å²) in [6.07, 6.45) is 4.16. The number of hydrogen-bond donors (Lipinski definition) is 0. The van der Waals surface area contributed by atoms with E-state index in [-0.39, 0.29) is 23.0 Å². The zero-order chi connectivity index (χ0) is 22.1. The highest BCUT2D eigenvalue weighted by Gasteiger charge is 2.26. The number of hydrogen-bond acceptors (Lipinski definition) is 6. The van der Waals surface area contributed by atoms with E-state index in [9.17, 15) is 8.42 Å². The fourth-order valence-corrected chi connectivity index (χ4v) is 5.40. The second-order valence-corrected chi connectivity index (χ2v) is 10.4. The lowest BCUT2D eigenvalue weighted by Gasteiger charge is -2.26. The lowest BCUT2D eigenvalue weighted by molar-refractivity contribution is -0.173. The minimum Gasteiger partial charge on any atom is -0.353 e. The third-order valence-corrected chi connectivity index (χ3v) is 7.57. The predicted octanol–water partition coefficient (Wildman–Crippen LogP) is 5.35. The first-order chi connectivity index (χ1) is 15.0. The molecule has 3 atom stereocenters. The molecule has 1 saturated heterocycles. The summed E-state index contributed by atoms with van der Waals surface area (Å²) in [7, 11) is -3.92. The van der Waals surface area contributed by atoms with Crippen LogP contribution in [-0.4, -0.2) is 39.3 Å². The summed E-state index contributed by atoms with van der Waals surface area (Å²) in [5.74, 6) is 0. The van der Waals surface area contributed by atoms with Crippen molar-refractivity contribution in [2.24, 2.45) is 0 Å². The Bertz CT molecular complexity index is 907. The molecule has 1 fully saturated rings. The molecular weight excluding hydrogens is 432 g/mol. The topological polar surface area (TPSA) is 61.8 Å². The van der Waals surface area contributed by atoms with E-state index in [1.807, 2.05) is 43.3 Å². The summed E-state index contributed by atoms with van der Waals surface area (Å²) in [5, 5.41) is -0.0310. The van der Waals surface area contributed by atoms with Gasteiger partial charge in [-0.2, -0.15) is 8.42 Å². The Balaban J connectivity index is 1.70. The molecule has 0 radical (unpaired) electrons. The number of aryl methyl sites for hydroxylation is 1. The average molecular weight is 463 g/mol. The van der Waals surface area contributed by atoms with Gasteiger partial charge in [-0.3, -0.25) is 4.18 Å². The van der Waals surface area contributed by atoms with Crippen LogP contribution in [0.5, 0.6) is 0 Å². The van der Waals surface area contributed by atoms with Gasteiger partial charge in [0.25, 0.3) is 10.1 Å². The molecular formula is C24H30O5S2. The van der Waals surface area contributed by atoms with Crippen molar-refractivity contribution in [1.29, 1.82) is 0 Å². The van der Waals surface area contributed by atoms with Crippen molar-refractivity contribution >= 4 is 21.9 Å². The summed E-state index contributed by atoms with van der Waals surface area (Å²) >= 11 is 1.62. The average Bonchev–Trinajstić information content (AvgIpc) is 2.78. The molecule has 2 aromatic rings. The Morgan fingerprint density at radius 3 is 2.55 bits per heavy atom. The number of rotatable bonds is 11. The van der Waals surface area contributed by atoms with Crippen molar-refractivity contribution < 1.29 is 22.1 Å². The van der Waals surface area contributed by atoms with Gasteiger partial charge in [-0.05, 0) is 56.9 Å². The lowest BCUT2D eigenvalue weighted by atomic mass is 10.2. The van der Waals surface area contributed by atoms with E-state index in [2.05, 4.69) is 6.58 Å². The second-order valence-electron chi connectivity index (χ2n) is 7.56. The van der Waals surface area contributed by atoms with Crippen LogP contribution in [0.15, 0.2) is 77.0 Å². The van der Waals surface area contributed by atoms with Gasteiger partial charge in [0.2, 0.25) is 0 Å². The Morgan fingerprint density at radius 1 is 1.16 bits per heavy atom. The van der Waals surface area contributed by atoms with Gasteiger partial charge in [0.05, 0.1) is 11.5 Å². The molecule has 0 spiro atoms. The highest BCUT2D eigenvalue weighted by Crippen LogP contribution is 2.29. The molecule has 31 heavy (non-hydrogen) atoms. The van der Waals surface area contributed by atoms with Gasteiger partial charge in [0.1, 0.15) is 6.10 Å². The van der Waals surface area contributed by atoms with Crippen molar-refractivity contribution in [2.45, 2.75) is 60.0 Å². The van der Waals surface area contributed by atoms with Gasteiger partial charge in [0.15, 0.2) is 6.29 Å². The van der Waals surface area contributed by atoms with Crippen molar-refractivity contribution in [3.05, 3.63) is 72.8 Å². The first-order valence-electron chi connectivity index (χ1n) is 10.5. The minimum absolute atomic E-state index is 0.0310. The van der Waals surface area contributed by atoms with E-state index in [1.165, 1.54) is 0 Å². The highest BCUT2D eigenvalue weighted by molar-refractivity contribution is 8.00. The summed E-state index contributed by atoms with van der Waals surface area (Å²) in [6, 6.07) is 16.6. The van der Waals surface area contributed by atoms with Crippen LogP contribution in [-0.2, 0) is 23.8 Å². The monoisotopic (exact) mass is 462 g/mol. The zero-order valence-electron chi connectivity index (χ0n) is 17.8. The van der Waals surface area contributed by atoms with Gasteiger partial charge < -0.3 is 9.47 Å². The summed E-state index contributed by atoms with van der Waals surface area (Å²) < 4.78 is 43.0. The van der Waals surface area contributed by atoms with Gasteiger partial charge in [0, 0.05) is 16.8 Å². The maximum Gasteiger partial charge on any atom is 0.297 e. The summed E-state index contributed by atoms with van der Waals surface area (Å²) in [5.41, 5.74) is 0.985. The smallest absolute Gasteiger partial charge is 0.297 e. The molecule has 1 aliphatic heterocycles. The first kappa shape index (κ1) is 24.0. The predicted molar refractivity (Wildman–Crippen MR) is 124 cm³/mol. The Hall–Kier alpha value is -1.64. The van der Waals surface area contributed by atoms with Gasteiger partial charge in [-0.1, -0.05) is 42.0 Å². The largest absolute Gasteiger partial charge is 0.353 e. The fourth-order valence-electron chi connectivity index (χ4n) is 3.26. The summed E-state index contributed by atoms with van der Waals surface area (Å²) in [6.45, 7) is 6.64. The molecule has 0 aliphatic carbocycles. The molecule has 0 N–H and O–H groups in total. The quantitative estimate of drug-likeness (QED) is 0.255. The Labute approximate surface area is 189 Å². The molecule has 0 bridgehead atoms. The van der Waals surface area contributed by atoms with Crippen LogP contribution in [0.1, 0.15) is 31.2 Å². The van der Waals surface area contributed by atoms with Crippen LogP contribution in [0.4, 0.5) is 0 Å². The number of benzene rings is 2. The van der Waals surface area contributed by atoms with Crippen LogP contribution >= 0.6 is 11.8 Å². The van der Waals surface area contributed by atoms with E-state index in [1.54, 1.807) is 36.0 Å². The highest BCUT2D eigenvalue weighted by atomic mass is 32.2. The number of thioether (sulfide) groups is 1. The summed E-state index contributed by atoms with van der Waals surface area (Å²) in [4.78, 5) is 1.23. The molecule has 2 aromatic carbocycles. The van der Waals surface area contributed by atoms with Crippen LogP contribution in [0.2, 0.25) is 0 Å². The molecule has 3 unspecified atom stereocenters. The molecule has 0 saturated carbocycles. The molecule has 5 nitrogen and oxygen atoms in total. The Morgan fingerprint density at radius 2 is 1.90 bits per heavy atom. The van der Waals surface area contributed by atoms with Gasteiger partial charge >= 0.3 is 0 Å². The van der Waals surface area contributed by atoms with E-state index in [0.717, 1.165) is 29.7 Å².